The van der Waals surface area contributed by atoms with E-state index in [0.29, 0.717) is 24.0 Å². The van der Waals surface area contributed by atoms with Crippen molar-refractivity contribution in [2.24, 2.45) is 17.3 Å². The molecule has 0 aromatic rings. The standard InChI is InChI=1S/C22H41NO4/c1-4-5-6-10-15-26-16-18-17(19-12-13-20(18)27-19)11-8-7-9-14-22(2,3)21(24)23-25/h17-20,25H,4-16H2,1-3H3,(H,23,24)/t17-,18+,19-,20+/m1/s1. The van der Waals surface area contributed by atoms with Crippen LogP contribution in [0.5, 0.6) is 0 Å². The molecule has 0 unspecified atom stereocenters. The molecule has 0 radical (unpaired) electrons. The first-order valence-corrected chi connectivity index (χ1v) is 11.2. The fraction of sp³-hybridized carbons (Fsp3) is 0.955. The zero-order valence-electron chi connectivity index (χ0n) is 17.7. The van der Waals surface area contributed by atoms with Crippen molar-refractivity contribution >= 4 is 5.91 Å². The van der Waals surface area contributed by atoms with Crippen LogP contribution in [0.25, 0.3) is 0 Å². The van der Waals surface area contributed by atoms with Gasteiger partial charge in [-0.1, -0.05) is 59.3 Å². The zero-order valence-corrected chi connectivity index (χ0v) is 17.7. The molecule has 4 atom stereocenters. The van der Waals surface area contributed by atoms with Crippen molar-refractivity contribution in [3.05, 3.63) is 0 Å². The summed E-state index contributed by atoms with van der Waals surface area (Å²) in [5.74, 6) is 0.930. The number of ether oxygens (including phenoxy) is 2. The van der Waals surface area contributed by atoms with E-state index in [1.807, 2.05) is 13.8 Å². The minimum atomic E-state index is -0.502. The lowest BCUT2D eigenvalue weighted by atomic mass is 9.77. The lowest BCUT2D eigenvalue weighted by molar-refractivity contribution is -0.138. The van der Waals surface area contributed by atoms with E-state index in [4.69, 9.17) is 14.7 Å². The lowest BCUT2D eigenvalue weighted by Gasteiger charge is -2.28. The lowest BCUT2D eigenvalue weighted by Crippen LogP contribution is -2.34. The Bertz CT molecular complexity index is 440. The highest BCUT2D eigenvalue weighted by molar-refractivity contribution is 5.80. The van der Waals surface area contributed by atoms with Gasteiger partial charge in [-0.15, -0.1) is 0 Å². The van der Waals surface area contributed by atoms with Gasteiger partial charge >= 0.3 is 0 Å². The normalized spacial score (nSPS) is 27.3. The summed E-state index contributed by atoms with van der Waals surface area (Å²) in [6.45, 7) is 7.76. The number of amides is 1. The molecule has 2 heterocycles. The molecular weight excluding hydrogens is 342 g/mol. The second-order valence-corrected chi connectivity index (χ2v) is 9.18. The third kappa shape index (κ3) is 6.72. The van der Waals surface area contributed by atoms with Crippen LogP contribution in [0.1, 0.15) is 91.4 Å². The van der Waals surface area contributed by atoms with Crippen molar-refractivity contribution in [3.8, 4) is 0 Å². The third-order valence-electron chi connectivity index (χ3n) is 6.60. The summed E-state index contributed by atoms with van der Waals surface area (Å²) in [4.78, 5) is 11.6. The van der Waals surface area contributed by atoms with Crippen LogP contribution < -0.4 is 5.48 Å². The number of rotatable bonds is 14. The fourth-order valence-corrected chi connectivity index (χ4v) is 4.74. The van der Waals surface area contributed by atoms with E-state index in [-0.39, 0.29) is 5.91 Å². The van der Waals surface area contributed by atoms with Crippen molar-refractivity contribution < 1.29 is 19.5 Å². The van der Waals surface area contributed by atoms with Crippen LogP contribution >= 0.6 is 0 Å². The number of nitrogens with one attached hydrogen (secondary N) is 1. The molecule has 0 aromatic carbocycles. The molecule has 0 saturated carbocycles. The van der Waals surface area contributed by atoms with Crippen LogP contribution in [0.3, 0.4) is 0 Å². The Morgan fingerprint density at radius 3 is 2.48 bits per heavy atom. The number of hydroxylamine groups is 1. The van der Waals surface area contributed by atoms with E-state index < -0.39 is 5.41 Å². The topological polar surface area (TPSA) is 67.8 Å². The molecule has 2 bridgehead atoms. The maximum atomic E-state index is 11.6. The molecule has 0 spiro atoms. The van der Waals surface area contributed by atoms with E-state index in [1.165, 1.54) is 51.4 Å². The van der Waals surface area contributed by atoms with Gasteiger partial charge in [0.15, 0.2) is 0 Å². The maximum Gasteiger partial charge on any atom is 0.248 e. The Kier molecular flexibility index (Phi) is 9.54. The molecule has 158 valence electrons. The van der Waals surface area contributed by atoms with Crippen LogP contribution in [-0.4, -0.2) is 36.5 Å². The van der Waals surface area contributed by atoms with Crippen molar-refractivity contribution in [3.63, 3.8) is 0 Å². The number of hydrogen-bond donors (Lipinski definition) is 2. The Labute approximate surface area is 165 Å². The van der Waals surface area contributed by atoms with E-state index in [9.17, 15) is 4.79 Å². The molecule has 0 aliphatic carbocycles. The largest absolute Gasteiger partial charge is 0.381 e. The van der Waals surface area contributed by atoms with Crippen molar-refractivity contribution in [2.75, 3.05) is 13.2 Å². The fourth-order valence-electron chi connectivity index (χ4n) is 4.74. The molecule has 0 aromatic heterocycles. The number of carbonyl (C=O) groups excluding carboxylic acids is 1. The molecule has 2 saturated heterocycles. The van der Waals surface area contributed by atoms with E-state index in [2.05, 4.69) is 6.92 Å². The van der Waals surface area contributed by atoms with E-state index >= 15 is 0 Å². The summed E-state index contributed by atoms with van der Waals surface area (Å²) in [6, 6.07) is 0. The summed E-state index contributed by atoms with van der Waals surface area (Å²) in [7, 11) is 0. The minimum Gasteiger partial charge on any atom is -0.381 e. The van der Waals surface area contributed by atoms with Crippen LogP contribution in [0, 0.1) is 17.3 Å². The quantitative estimate of drug-likeness (QED) is 0.255. The molecule has 2 rings (SSSR count). The molecule has 5 heteroatoms. The van der Waals surface area contributed by atoms with Crippen molar-refractivity contribution in [2.45, 2.75) is 104 Å². The highest BCUT2D eigenvalue weighted by Crippen LogP contribution is 2.45. The average molecular weight is 384 g/mol. The van der Waals surface area contributed by atoms with E-state index in [1.54, 1.807) is 5.48 Å². The summed E-state index contributed by atoms with van der Waals surface area (Å²) in [5, 5.41) is 8.81. The predicted octanol–water partition coefficient (Wildman–Crippen LogP) is 4.86. The van der Waals surface area contributed by atoms with Crippen LogP contribution in [-0.2, 0) is 14.3 Å². The first-order valence-electron chi connectivity index (χ1n) is 11.2. The smallest absolute Gasteiger partial charge is 0.248 e. The SMILES string of the molecule is CCCCCCOC[C@H]1[C@@H](CCCCCC(C)(C)C(=O)NO)[C@H]2CC[C@@H]1O2. The number of unbranched alkanes of at least 4 members (excludes halogenated alkanes) is 5. The highest BCUT2D eigenvalue weighted by Gasteiger charge is 2.48. The van der Waals surface area contributed by atoms with Crippen LogP contribution in [0.4, 0.5) is 0 Å². The monoisotopic (exact) mass is 383 g/mol. The van der Waals surface area contributed by atoms with Gasteiger partial charge in [0.25, 0.3) is 0 Å². The summed E-state index contributed by atoms with van der Waals surface area (Å²) < 4.78 is 12.2. The zero-order chi connectivity index (χ0) is 19.7. The molecule has 5 nitrogen and oxygen atoms in total. The maximum absolute atomic E-state index is 11.6. The third-order valence-corrected chi connectivity index (χ3v) is 6.60. The first-order chi connectivity index (χ1) is 13.0. The van der Waals surface area contributed by atoms with Crippen molar-refractivity contribution in [1.29, 1.82) is 0 Å². The molecule has 2 aliphatic heterocycles. The summed E-state index contributed by atoms with van der Waals surface area (Å²) in [6.07, 6.45) is 13.6. The molecule has 27 heavy (non-hydrogen) atoms. The van der Waals surface area contributed by atoms with Gasteiger partial charge in [-0.05, 0) is 38.0 Å². The van der Waals surface area contributed by atoms with Gasteiger partial charge < -0.3 is 9.47 Å². The summed E-state index contributed by atoms with van der Waals surface area (Å²) in [5.41, 5.74) is 1.28. The Morgan fingerprint density at radius 1 is 1.07 bits per heavy atom. The number of carbonyl (C=O) groups is 1. The first kappa shape index (κ1) is 22.6. The molecule has 2 fully saturated rings. The van der Waals surface area contributed by atoms with Gasteiger partial charge in [-0.25, -0.2) is 5.48 Å². The molecule has 2 aliphatic rings. The summed E-state index contributed by atoms with van der Waals surface area (Å²) >= 11 is 0. The van der Waals surface area contributed by atoms with Gasteiger partial charge in [0.2, 0.25) is 5.91 Å². The van der Waals surface area contributed by atoms with E-state index in [0.717, 1.165) is 32.5 Å². The minimum absolute atomic E-state index is 0.292. The van der Waals surface area contributed by atoms with Crippen LogP contribution in [0.2, 0.25) is 0 Å². The number of hydrogen-bond acceptors (Lipinski definition) is 4. The Hall–Kier alpha value is -0.650. The Balaban J connectivity index is 1.64. The van der Waals surface area contributed by atoms with Crippen molar-refractivity contribution in [1.82, 2.24) is 5.48 Å². The number of fused-ring (bicyclic) bond motifs is 2. The van der Waals surface area contributed by atoms with Gasteiger partial charge in [0, 0.05) is 17.9 Å². The Morgan fingerprint density at radius 2 is 1.78 bits per heavy atom. The van der Waals surface area contributed by atoms with Gasteiger partial charge in [0.05, 0.1) is 18.8 Å². The highest BCUT2D eigenvalue weighted by atomic mass is 16.5. The second-order valence-electron chi connectivity index (χ2n) is 9.18. The molecule has 1 amide bonds. The van der Waals surface area contributed by atoms with Gasteiger partial charge in [-0.2, -0.15) is 0 Å². The second kappa shape index (κ2) is 11.4. The average Bonchev–Trinajstić information content (AvgIpc) is 3.25. The predicted molar refractivity (Wildman–Crippen MR) is 107 cm³/mol. The molecular formula is C22H41NO4. The van der Waals surface area contributed by atoms with Gasteiger partial charge in [0.1, 0.15) is 0 Å². The van der Waals surface area contributed by atoms with Gasteiger partial charge in [-0.3, -0.25) is 10.0 Å². The van der Waals surface area contributed by atoms with Crippen LogP contribution in [0.15, 0.2) is 0 Å². The molecule has 2 N–H and O–H groups in total.